The monoisotopic (exact) mass is 356 g/mol. The zero-order valence-corrected chi connectivity index (χ0v) is 15.6. The molecule has 2 N–H and O–H groups in total. The number of unbranched alkanes of at least 4 members (excludes halogenated alkanes) is 1. The van der Waals surface area contributed by atoms with Crippen LogP contribution in [0.25, 0.3) is 0 Å². The summed E-state index contributed by atoms with van der Waals surface area (Å²) in [5.74, 6) is 1.67. The van der Waals surface area contributed by atoms with Crippen LogP contribution >= 0.6 is 0 Å². The van der Waals surface area contributed by atoms with Gasteiger partial charge in [-0.25, -0.2) is 0 Å². The first-order chi connectivity index (χ1) is 12.7. The summed E-state index contributed by atoms with van der Waals surface area (Å²) in [5.41, 5.74) is 1.30. The fraction of sp³-hybridized carbons (Fsp3) is 0.400. The standard InChI is InChI=1S/C20H28N4O2/c1-21-20(23-14-12-17-8-10-18(26-2)11-9-17)22-13-4-6-16-24-15-5-3-7-19(24)25/h3,5,7-11,15H,4,6,12-14,16H2,1-2H3,(H2,21,22,23). The van der Waals surface area contributed by atoms with Crippen molar-refractivity contribution in [2.45, 2.75) is 25.8 Å². The minimum atomic E-state index is 0.0523. The van der Waals surface area contributed by atoms with Gasteiger partial charge in [-0.05, 0) is 43.0 Å². The second-order valence-electron chi connectivity index (χ2n) is 5.96. The summed E-state index contributed by atoms with van der Waals surface area (Å²) in [6, 6.07) is 13.3. The van der Waals surface area contributed by atoms with Gasteiger partial charge in [0.25, 0.3) is 0 Å². The number of rotatable bonds is 9. The second-order valence-corrected chi connectivity index (χ2v) is 5.96. The Hall–Kier alpha value is -2.76. The summed E-state index contributed by atoms with van der Waals surface area (Å²) < 4.78 is 6.90. The molecule has 0 aliphatic heterocycles. The summed E-state index contributed by atoms with van der Waals surface area (Å²) in [4.78, 5) is 15.9. The molecule has 0 fully saturated rings. The Morgan fingerprint density at radius 2 is 1.85 bits per heavy atom. The van der Waals surface area contributed by atoms with Crippen molar-refractivity contribution >= 4 is 5.96 Å². The highest BCUT2D eigenvalue weighted by Crippen LogP contribution is 2.11. The molecule has 6 nitrogen and oxygen atoms in total. The van der Waals surface area contributed by atoms with Gasteiger partial charge in [-0.1, -0.05) is 18.2 Å². The number of guanidine groups is 1. The smallest absolute Gasteiger partial charge is 0.250 e. The lowest BCUT2D eigenvalue weighted by Crippen LogP contribution is -2.38. The minimum absolute atomic E-state index is 0.0523. The molecule has 0 saturated carbocycles. The van der Waals surface area contributed by atoms with Crippen molar-refractivity contribution in [3.8, 4) is 5.75 Å². The van der Waals surface area contributed by atoms with Gasteiger partial charge in [0.2, 0.25) is 5.56 Å². The van der Waals surface area contributed by atoms with Crippen LogP contribution < -0.4 is 20.9 Å². The summed E-state index contributed by atoms with van der Waals surface area (Å²) in [6.45, 7) is 2.38. The molecule has 6 heteroatoms. The molecule has 2 aromatic rings. The maximum absolute atomic E-state index is 11.6. The number of ether oxygens (including phenoxy) is 1. The van der Waals surface area contributed by atoms with Crippen LogP contribution in [0.1, 0.15) is 18.4 Å². The number of aromatic nitrogens is 1. The fourth-order valence-electron chi connectivity index (χ4n) is 2.60. The molecule has 0 saturated heterocycles. The lowest BCUT2D eigenvalue weighted by Gasteiger charge is -2.12. The Morgan fingerprint density at radius 3 is 2.54 bits per heavy atom. The van der Waals surface area contributed by atoms with E-state index in [2.05, 4.69) is 27.8 Å². The maximum atomic E-state index is 11.6. The number of nitrogens with zero attached hydrogens (tertiary/aromatic N) is 2. The number of methoxy groups -OCH3 is 1. The van der Waals surface area contributed by atoms with E-state index in [1.54, 1.807) is 30.9 Å². The van der Waals surface area contributed by atoms with Gasteiger partial charge in [0.05, 0.1) is 7.11 Å². The summed E-state index contributed by atoms with van der Waals surface area (Å²) >= 11 is 0. The Morgan fingerprint density at radius 1 is 1.08 bits per heavy atom. The van der Waals surface area contributed by atoms with Crippen LogP contribution in [0.2, 0.25) is 0 Å². The molecule has 0 amide bonds. The van der Waals surface area contributed by atoms with Crippen LogP contribution in [-0.2, 0) is 13.0 Å². The third-order valence-corrected chi connectivity index (χ3v) is 4.11. The van der Waals surface area contributed by atoms with Crippen molar-refractivity contribution in [2.24, 2.45) is 4.99 Å². The molecule has 140 valence electrons. The van der Waals surface area contributed by atoms with E-state index in [-0.39, 0.29) is 5.56 Å². The van der Waals surface area contributed by atoms with Gasteiger partial charge >= 0.3 is 0 Å². The molecule has 1 aromatic heterocycles. The van der Waals surface area contributed by atoms with Crippen molar-refractivity contribution in [2.75, 3.05) is 27.2 Å². The fourth-order valence-corrected chi connectivity index (χ4v) is 2.60. The Kier molecular flexibility index (Phi) is 8.26. The third kappa shape index (κ3) is 6.63. The van der Waals surface area contributed by atoms with Gasteiger partial charge in [0, 0.05) is 38.9 Å². The van der Waals surface area contributed by atoms with E-state index in [0.29, 0.717) is 0 Å². The van der Waals surface area contributed by atoms with Crippen molar-refractivity contribution < 1.29 is 4.74 Å². The zero-order chi connectivity index (χ0) is 18.6. The second kappa shape index (κ2) is 11.0. The first-order valence-electron chi connectivity index (χ1n) is 8.96. The Balaban J connectivity index is 1.61. The van der Waals surface area contributed by atoms with E-state index in [0.717, 1.165) is 50.6 Å². The quantitative estimate of drug-likeness (QED) is 0.410. The molecule has 1 heterocycles. The molecular weight excluding hydrogens is 328 g/mol. The lowest BCUT2D eigenvalue weighted by atomic mass is 10.1. The Bertz CT molecular complexity index is 738. The molecule has 1 aromatic carbocycles. The van der Waals surface area contributed by atoms with Crippen LogP contribution in [0.4, 0.5) is 0 Å². The molecule has 0 atom stereocenters. The van der Waals surface area contributed by atoms with Crippen LogP contribution in [0.5, 0.6) is 5.75 Å². The number of hydrogen-bond donors (Lipinski definition) is 2. The normalized spacial score (nSPS) is 11.2. The maximum Gasteiger partial charge on any atom is 0.250 e. The highest BCUT2D eigenvalue weighted by molar-refractivity contribution is 5.79. The molecule has 0 unspecified atom stereocenters. The van der Waals surface area contributed by atoms with E-state index in [1.807, 2.05) is 24.4 Å². The average Bonchev–Trinajstić information content (AvgIpc) is 2.68. The highest BCUT2D eigenvalue weighted by Gasteiger charge is 1.99. The molecular formula is C20H28N4O2. The molecule has 2 rings (SSSR count). The van der Waals surface area contributed by atoms with E-state index < -0.39 is 0 Å². The van der Waals surface area contributed by atoms with Gasteiger partial charge in [-0.3, -0.25) is 9.79 Å². The van der Waals surface area contributed by atoms with Gasteiger partial charge in [-0.2, -0.15) is 0 Å². The van der Waals surface area contributed by atoms with Crippen molar-refractivity contribution in [3.05, 3.63) is 64.6 Å². The van der Waals surface area contributed by atoms with Crippen molar-refractivity contribution in [1.82, 2.24) is 15.2 Å². The predicted octanol–water partition coefficient (Wildman–Crippen LogP) is 2.04. The Labute approximate surface area is 154 Å². The summed E-state index contributed by atoms with van der Waals surface area (Å²) in [6.07, 6.45) is 4.66. The zero-order valence-electron chi connectivity index (χ0n) is 15.6. The molecule has 26 heavy (non-hydrogen) atoms. The van der Waals surface area contributed by atoms with Crippen LogP contribution in [0, 0.1) is 0 Å². The highest BCUT2D eigenvalue weighted by atomic mass is 16.5. The molecule has 0 spiro atoms. The lowest BCUT2D eigenvalue weighted by molar-refractivity contribution is 0.414. The topological polar surface area (TPSA) is 67.7 Å². The van der Waals surface area contributed by atoms with E-state index in [1.165, 1.54) is 5.56 Å². The third-order valence-electron chi connectivity index (χ3n) is 4.11. The van der Waals surface area contributed by atoms with Crippen LogP contribution in [0.15, 0.2) is 58.4 Å². The number of nitrogens with one attached hydrogen (secondary N) is 2. The van der Waals surface area contributed by atoms with Gasteiger partial charge in [0.15, 0.2) is 5.96 Å². The van der Waals surface area contributed by atoms with Gasteiger partial charge < -0.3 is 19.9 Å². The number of aryl methyl sites for hydroxylation is 1. The van der Waals surface area contributed by atoms with E-state index in [4.69, 9.17) is 4.74 Å². The molecule has 0 aliphatic rings. The number of aliphatic imine (C=N–C) groups is 1. The molecule has 0 aliphatic carbocycles. The number of benzene rings is 1. The van der Waals surface area contributed by atoms with Crippen LogP contribution in [0.3, 0.4) is 0 Å². The van der Waals surface area contributed by atoms with Gasteiger partial charge in [0.1, 0.15) is 5.75 Å². The van der Waals surface area contributed by atoms with Crippen molar-refractivity contribution in [3.63, 3.8) is 0 Å². The number of pyridine rings is 1. The largest absolute Gasteiger partial charge is 0.497 e. The predicted molar refractivity (Wildman–Crippen MR) is 106 cm³/mol. The molecule has 0 bridgehead atoms. The van der Waals surface area contributed by atoms with Crippen LogP contribution in [-0.4, -0.2) is 37.8 Å². The minimum Gasteiger partial charge on any atom is -0.497 e. The van der Waals surface area contributed by atoms with Crippen molar-refractivity contribution in [1.29, 1.82) is 0 Å². The molecule has 0 radical (unpaired) electrons. The van der Waals surface area contributed by atoms with Gasteiger partial charge in [-0.15, -0.1) is 0 Å². The first kappa shape index (κ1) is 19.6. The summed E-state index contributed by atoms with van der Waals surface area (Å²) in [5, 5.41) is 6.62. The number of hydrogen-bond acceptors (Lipinski definition) is 3. The average molecular weight is 356 g/mol. The summed E-state index contributed by atoms with van der Waals surface area (Å²) in [7, 11) is 3.44. The van der Waals surface area contributed by atoms with E-state index in [9.17, 15) is 4.79 Å². The first-order valence-corrected chi connectivity index (χ1v) is 8.96. The van der Waals surface area contributed by atoms with E-state index >= 15 is 0 Å². The SMILES string of the molecule is CN=C(NCCCCn1ccccc1=O)NCCc1ccc(OC)cc1.